The van der Waals surface area contributed by atoms with Gasteiger partial charge < -0.3 is 83.1 Å². The summed E-state index contributed by atoms with van der Waals surface area (Å²) < 4.78 is 54.2. The first-order valence-electron chi connectivity index (χ1n) is 19.5. The van der Waals surface area contributed by atoms with Crippen molar-refractivity contribution in [3.8, 4) is 34.5 Å². The molecule has 21 nitrogen and oxygen atoms in total. The molecule has 0 bridgehead atoms. The van der Waals surface area contributed by atoms with E-state index in [1.54, 1.807) is 0 Å². The smallest absolute Gasteiger partial charge is 0.331 e. The summed E-state index contributed by atoms with van der Waals surface area (Å²) in [6, 6.07) is 12.6. The van der Waals surface area contributed by atoms with Crippen LogP contribution >= 0.6 is 0 Å². The first kappa shape index (κ1) is 49.3. The number of aliphatic hydroxyl groups is 4. The van der Waals surface area contributed by atoms with Gasteiger partial charge in [-0.15, -0.1) is 0 Å². The van der Waals surface area contributed by atoms with Gasteiger partial charge in [-0.05, 0) is 71.3 Å². The molecule has 2 heterocycles. The highest BCUT2D eigenvalue weighted by Gasteiger charge is 2.61. The Kier molecular flexibility index (Phi) is 16.9. The van der Waals surface area contributed by atoms with Gasteiger partial charge in [-0.25, -0.2) is 14.4 Å². The number of hydrogen-bond acceptors (Lipinski definition) is 21. The van der Waals surface area contributed by atoms with Gasteiger partial charge >= 0.3 is 23.9 Å². The van der Waals surface area contributed by atoms with E-state index in [1.807, 2.05) is 0 Å². The molecule has 21 heteroatoms. The molecule has 0 spiro atoms. The minimum absolute atomic E-state index is 0.0895. The van der Waals surface area contributed by atoms with Gasteiger partial charge in [-0.3, -0.25) is 4.79 Å². The zero-order valence-electron chi connectivity index (χ0n) is 35.2. The maximum atomic E-state index is 13.3. The Morgan fingerprint density at radius 1 is 0.631 bits per heavy atom. The summed E-state index contributed by atoms with van der Waals surface area (Å²) in [6.07, 6.45) is -8.26. The van der Waals surface area contributed by atoms with Gasteiger partial charge in [0, 0.05) is 25.2 Å². The molecule has 0 radical (unpaired) electrons. The van der Waals surface area contributed by atoms with Crippen molar-refractivity contribution in [3.63, 3.8) is 0 Å². The highest BCUT2D eigenvalue weighted by molar-refractivity contribution is 5.88. The summed E-state index contributed by atoms with van der Waals surface area (Å²) in [7, 11) is 3.98. The Labute approximate surface area is 370 Å². The summed E-state index contributed by atoms with van der Waals surface area (Å²) in [4.78, 5) is 50.9. The predicted octanol–water partition coefficient (Wildman–Crippen LogP) is 1.11. The van der Waals surface area contributed by atoms with E-state index in [1.165, 1.54) is 94.2 Å². The molecule has 7 N–H and O–H groups in total. The minimum Gasteiger partial charge on any atom is -0.504 e. The number of carbonyl (C=O) groups is 4. The molecule has 350 valence electrons. The maximum Gasteiger partial charge on any atom is 0.331 e. The SMILES string of the molecule is COc1cc(C=CC(=O)OCC2OC(CO)(OC3OC(COC(C)=O)C(OC(=O)C=Cc4ccc(O)c(OC)c4)C(O)C3O)C(OC(=O)C=Cc3ccc(O)c(OC)c3)C2O)ccc1O. The van der Waals surface area contributed by atoms with E-state index >= 15 is 0 Å². The first-order valence-corrected chi connectivity index (χ1v) is 19.5. The van der Waals surface area contributed by atoms with E-state index < -0.39 is 98.5 Å². The van der Waals surface area contributed by atoms with Crippen molar-refractivity contribution in [3.05, 3.63) is 89.5 Å². The van der Waals surface area contributed by atoms with E-state index in [2.05, 4.69) is 0 Å². The second-order valence-electron chi connectivity index (χ2n) is 14.2. The average Bonchev–Trinajstić information content (AvgIpc) is 3.55. The molecule has 2 aliphatic heterocycles. The van der Waals surface area contributed by atoms with Gasteiger partial charge in [0.15, 0.2) is 53.0 Å². The number of esters is 4. The number of hydrogen-bond donors (Lipinski definition) is 7. The van der Waals surface area contributed by atoms with Gasteiger partial charge in [0.1, 0.15) is 50.3 Å². The molecule has 3 aromatic carbocycles. The lowest BCUT2D eigenvalue weighted by Crippen LogP contribution is -2.64. The van der Waals surface area contributed by atoms with Crippen molar-refractivity contribution < 1.29 is 102 Å². The molecule has 3 aromatic rings. The second-order valence-corrected chi connectivity index (χ2v) is 14.2. The highest BCUT2D eigenvalue weighted by atomic mass is 16.8. The summed E-state index contributed by atoms with van der Waals surface area (Å²) in [6.45, 7) is -1.60. The van der Waals surface area contributed by atoms with Crippen LogP contribution in [0.2, 0.25) is 0 Å². The van der Waals surface area contributed by atoms with Gasteiger partial charge in [0.25, 0.3) is 0 Å². The van der Waals surface area contributed by atoms with Gasteiger partial charge in [0.2, 0.25) is 5.79 Å². The third-order valence-corrected chi connectivity index (χ3v) is 9.84. The number of phenolic OH excluding ortho intramolecular Hbond substituents is 3. The average molecular weight is 913 g/mol. The molecule has 2 aliphatic rings. The fraction of sp³-hybridized carbons (Fsp3) is 0.364. The lowest BCUT2D eigenvalue weighted by Gasteiger charge is -2.44. The molecule has 9 unspecified atom stereocenters. The molecule has 0 aliphatic carbocycles. The summed E-state index contributed by atoms with van der Waals surface area (Å²) in [5.74, 6) is -6.73. The summed E-state index contributed by atoms with van der Waals surface area (Å²) >= 11 is 0. The van der Waals surface area contributed by atoms with Gasteiger partial charge in [-0.2, -0.15) is 0 Å². The normalized spacial score (nSPS) is 25.4. The van der Waals surface area contributed by atoms with Crippen molar-refractivity contribution in [1.29, 1.82) is 0 Å². The molecule has 0 saturated carbocycles. The van der Waals surface area contributed by atoms with E-state index in [0.29, 0.717) is 16.7 Å². The molecule has 5 rings (SSSR count). The fourth-order valence-electron chi connectivity index (χ4n) is 6.52. The number of benzene rings is 3. The van der Waals surface area contributed by atoms with Gasteiger partial charge in [0.05, 0.1) is 21.3 Å². The molecule has 0 aromatic heterocycles. The Hall–Kier alpha value is -6.72. The molecule has 0 amide bonds. The Morgan fingerprint density at radius 2 is 1.09 bits per heavy atom. The number of phenols is 3. The van der Waals surface area contributed by atoms with Crippen molar-refractivity contribution in [1.82, 2.24) is 0 Å². The first-order chi connectivity index (χ1) is 31.0. The minimum atomic E-state index is -2.64. The largest absolute Gasteiger partial charge is 0.504 e. The van der Waals surface area contributed by atoms with Crippen LogP contribution in [0.3, 0.4) is 0 Å². The van der Waals surface area contributed by atoms with Crippen LogP contribution < -0.4 is 14.2 Å². The number of carbonyl (C=O) groups excluding carboxylic acids is 4. The van der Waals surface area contributed by atoms with E-state index in [4.69, 9.17) is 47.4 Å². The van der Waals surface area contributed by atoms with Crippen LogP contribution in [-0.4, -0.2) is 156 Å². The monoisotopic (exact) mass is 912 g/mol. The Morgan fingerprint density at radius 3 is 1.55 bits per heavy atom. The number of rotatable bonds is 18. The molecular formula is C44H48O21. The van der Waals surface area contributed by atoms with E-state index in [0.717, 1.165) is 25.2 Å². The van der Waals surface area contributed by atoms with Crippen LogP contribution in [0.1, 0.15) is 23.6 Å². The number of ether oxygens (including phenoxy) is 10. The zero-order valence-corrected chi connectivity index (χ0v) is 35.2. The second kappa shape index (κ2) is 22.3. The van der Waals surface area contributed by atoms with Crippen molar-refractivity contribution in [2.75, 3.05) is 41.2 Å². The third-order valence-electron chi connectivity index (χ3n) is 9.84. The van der Waals surface area contributed by atoms with Crippen LogP contribution in [0.25, 0.3) is 18.2 Å². The molecule has 2 saturated heterocycles. The molecule has 2 fully saturated rings. The summed E-state index contributed by atoms with van der Waals surface area (Å²) in [5, 5.41) is 74.7. The van der Waals surface area contributed by atoms with E-state index in [-0.39, 0.29) is 34.5 Å². The Balaban J connectivity index is 1.38. The van der Waals surface area contributed by atoms with E-state index in [9.17, 15) is 54.9 Å². The summed E-state index contributed by atoms with van der Waals surface area (Å²) in [5.41, 5.74) is 1.21. The van der Waals surface area contributed by atoms with Crippen molar-refractivity contribution in [2.45, 2.75) is 61.7 Å². The molecular weight excluding hydrogens is 864 g/mol. The highest BCUT2D eigenvalue weighted by Crippen LogP contribution is 2.39. The lowest BCUT2D eigenvalue weighted by atomic mass is 9.98. The van der Waals surface area contributed by atoms with Crippen LogP contribution in [0, 0.1) is 0 Å². The van der Waals surface area contributed by atoms with Crippen LogP contribution in [0.5, 0.6) is 34.5 Å². The zero-order chi connectivity index (χ0) is 47.4. The fourth-order valence-corrected chi connectivity index (χ4v) is 6.52. The maximum absolute atomic E-state index is 13.3. The van der Waals surface area contributed by atoms with Crippen LogP contribution in [0.15, 0.2) is 72.8 Å². The standard InChI is InChI=1S/C44H48O21/c1-23(46)59-21-34-41(62-36(51)15-9-25-6-12-28(48)31(18-25)57-3)39(54)40(55)43(61-34)65-44(22-45)42(63-37(52)16-10-26-7-13-29(49)32(19-26)58-4)38(53)33(64-44)20-60-35(50)14-8-24-5-11-27(47)30(17-24)56-2/h5-19,33-34,38-43,45,47-49,53-55H,20-22H2,1-4H3. The predicted molar refractivity (Wildman–Crippen MR) is 221 cm³/mol. The quantitative estimate of drug-likeness (QED) is 0.0534. The van der Waals surface area contributed by atoms with Crippen molar-refractivity contribution >= 4 is 42.1 Å². The van der Waals surface area contributed by atoms with Crippen LogP contribution in [-0.2, 0) is 52.3 Å². The van der Waals surface area contributed by atoms with Crippen LogP contribution in [0.4, 0.5) is 0 Å². The topological polar surface area (TPSA) is 302 Å². The lowest BCUT2D eigenvalue weighted by molar-refractivity contribution is -0.383. The third kappa shape index (κ3) is 12.5. The van der Waals surface area contributed by atoms with Crippen molar-refractivity contribution in [2.24, 2.45) is 0 Å². The number of aliphatic hydroxyl groups excluding tert-OH is 4. The number of aromatic hydroxyl groups is 3. The van der Waals surface area contributed by atoms with Gasteiger partial charge in [-0.1, -0.05) is 18.2 Å². The number of methoxy groups -OCH3 is 3. The molecule has 65 heavy (non-hydrogen) atoms. The Bertz CT molecular complexity index is 2250. The molecule has 9 atom stereocenters.